The Morgan fingerprint density at radius 1 is 1.37 bits per heavy atom. The first-order valence-corrected chi connectivity index (χ1v) is 7.07. The van der Waals surface area contributed by atoms with Gasteiger partial charge in [0.05, 0.1) is 11.3 Å². The monoisotopic (exact) mass is 277 g/mol. The fraction of sp³-hybridized carbons (Fsp3) is 0.533. The van der Waals surface area contributed by atoms with Crippen molar-refractivity contribution < 1.29 is 0 Å². The van der Waals surface area contributed by atoms with E-state index in [4.69, 9.17) is 11.6 Å². The van der Waals surface area contributed by atoms with Gasteiger partial charge in [0.1, 0.15) is 6.07 Å². The van der Waals surface area contributed by atoms with Crippen LogP contribution in [0.1, 0.15) is 18.4 Å². The van der Waals surface area contributed by atoms with Crippen molar-refractivity contribution in [2.45, 2.75) is 12.8 Å². The van der Waals surface area contributed by atoms with E-state index < -0.39 is 0 Å². The molecule has 1 aliphatic rings. The third-order valence-corrected chi connectivity index (χ3v) is 3.89. The van der Waals surface area contributed by atoms with Gasteiger partial charge in [0.25, 0.3) is 0 Å². The number of nitrogens with zero attached hydrogens (tertiary/aromatic N) is 3. The molecular weight excluding hydrogens is 258 g/mol. The van der Waals surface area contributed by atoms with Crippen molar-refractivity contribution >= 4 is 17.3 Å². The molecule has 4 heteroatoms. The van der Waals surface area contributed by atoms with Crippen LogP contribution in [0.15, 0.2) is 18.2 Å². The molecule has 0 spiro atoms. The van der Waals surface area contributed by atoms with Gasteiger partial charge in [-0.05, 0) is 51.1 Å². The van der Waals surface area contributed by atoms with Crippen molar-refractivity contribution in [1.82, 2.24) is 4.90 Å². The molecule has 102 valence electrons. The van der Waals surface area contributed by atoms with Crippen LogP contribution in [0.25, 0.3) is 0 Å². The molecule has 1 heterocycles. The van der Waals surface area contributed by atoms with Crippen LogP contribution in [0.4, 0.5) is 5.69 Å². The van der Waals surface area contributed by atoms with E-state index in [1.807, 2.05) is 12.1 Å². The van der Waals surface area contributed by atoms with Crippen LogP contribution in [-0.4, -0.2) is 38.6 Å². The number of hydrogen-bond acceptors (Lipinski definition) is 3. The molecule has 0 saturated carbocycles. The first kappa shape index (κ1) is 14.2. The molecule has 1 aromatic carbocycles. The van der Waals surface area contributed by atoms with Crippen molar-refractivity contribution in [2.75, 3.05) is 38.6 Å². The Balaban J connectivity index is 2.04. The highest BCUT2D eigenvalue weighted by molar-refractivity contribution is 6.30. The number of benzene rings is 1. The van der Waals surface area contributed by atoms with Crippen molar-refractivity contribution in [3.63, 3.8) is 0 Å². The SMILES string of the molecule is CN(C)CC1CCN(c2ccc(Cl)cc2C#N)CC1. The minimum absolute atomic E-state index is 0.628. The molecule has 0 atom stereocenters. The lowest BCUT2D eigenvalue weighted by Crippen LogP contribution is -2.37. The minimum atomic E-state index is 0.628. The Labute approximate surface area is 120 Å². The van der Waals surface area contributed by atoms with Gasteiger partial charge in [-0.25, -0.2) is 0 Å². The second-order valence-electron chi connectivity index (χ2n) is 5.47. The molecule has 0 unspecified atom stereocenters. The standard InChI is InChI=1S/C15H20ClN3/c1-18(2)11-12-5-7-19(8-6-12)15-4-3-14(16)9-13(15)10-17/h3-4,9,12H,5-8,11H2,1-2H3. The molecule has 1 aromatic rings. The molecule has 1 aliphatic heterocycles. The summed E-state index contributed by atoms with van der Waals surface area (Å²) in [5.41, 5.74) is 1.70. The topological polar surface area (TPSA) is 30.3 Å². The second-order valence-corrected chi connectivity index (χ2v) is 5.90. The predicted octanol–water partition coefficient (Wildman–Crippen LogP) is 2.99. The lowest BCUT2D eigenvalue weighted by Gasteiger charge is -2.35. The van der Waals surface area contributed by atoms with E-state index in [1.165, 1.54) is 12.8 Å². The van der Waals surface area contributed by atoms with E-state index in [-0.39, 0.29) is 0 Å². The van der Waals surface area contributed by atoms with Gasteiger partial charge in [0, 0.05) is 24.7 Å². The van der Waals surface area contributed by atoms with Crippen molar-refractivity contribution in [3.8, 4) is 6.07 Å². The zero-order chi connectivity index (χ0) is 13.8. The van der Waals surface area contributed by atoms with Gasteiger partial charge in [-0.15, -0.1) is 0 Å². The van der Waals surface area contributed by atoms with E-state index in [0.717, 1.165) is 31.2 Å². The molecule has 19 heavy (non-hydrogen) atoms. The lowest BCUT2D eigenvalue weighted by atomic mass is 9.95. The lowest BCUT2D eigenvalue weighted by molar-refractivity contribution is 0.285. The molecular formula is C15H20ClN3. The molecule has 3 nitrogen and oxygen atoms in total. The predicted molar refractivity (Wildman–Crippen MR) is 79.7 cm³/mol. The van der Waals surface area contributed by atoms with E-state index in [0.29, 0.717) is 10.6 Å². The van der Waals surface area contributed by atoms with Gasteiger partial charge >= 0.3 is 0 Å². The van der Waals surface area contributed by atoms with Gasteiger partial charge in [-0.1, -0.05) is 11.6 Å². The van der Waals surface area contributed by atoms with Crippen LogP contribution in [0.2, 0.25) is 5.02 Å². The summed E-state index contributed by atoms with van der Waals surface area (Å²) in [6.07, 6.45) is 2.37. The average molecular weight is 278 g/mol. The van der Waals surface area contributed by atoms with Crippen LogP contribution in [0.5, 0.6) is 0 Å². The highest BCUT2D eigenvalue weighted by Gasteiger charge is 2.21. The highest BCUT2D eigenvalue weighted by atomic mass is 35.5. The zero-order valence-electron chi connectivity index (χ0n) is 11.6. The molecule has 0 N–H and O–H groups in total. The van der Waals surface area contributed by atoms with E-state index >= 15 is 0 Å². The van der Waals surface area contributed by atoms with Gasteiger partial charge < -0.3 is 9.80 Å². The molecule has 2 rings (SSSR count). The second kappa shape index (κ2) is 6.27. The molecule has 1 fully saturated rings. The van der Waals surface area contributed by atoms with E-state index in [1.54, 1.807) is 6.07 Å². The van der Waals surface area contributed by atoms with Crippen LogP contribution >= 0.6 is 11.6 Å². The Bertz CT molecular complexity index is 471. The summed E-state index contributed by atoms with van der Waals surface area (Å²) in [5, 5.41) is 9.83. The quantitative estimate of drug-likeness (QED) is 0.851. The van der Waals surface area contributed by atoms with Gasteiger partial charge in [0.2, 0.25) is 0 Å². The highest BCUT2D eigenvalue weighted by Crippen LogP contribution is 2.28. The molecule has 0 aromatic heterocycles. The molecule has 0 radical (unpaired) electrons. The fourth-order valence-corrected chi connectivity index (χ4v) is 2.92. The number of piperidine rings is 1. The maximum atomic E-state index is 9.20. The van der Waals surface area contributed by atoms with Crippen molar-refractivity contribution in [3.05, 3.63) is 28.8 Å². The summed E-state index contributed by atoms with van der Waals surface area (Å²) in [6.45, 7) is 3.20. The summed E-state index contributed by atoms with van der Waals surface area (Å²) in [7, 11) is 4.25. The number of nitriles is 1. The summed E-state index contributed by atoms with van der Waals surface area (Å²) in [4.78, 5) is 4.56. The molecule has 1 saturated heterocycles. The molecule has 0 amide bonds. The molecule has 0 bridgehead atoms. The largest absolute Gasteiger partial charge is 0.370 e. The zero-order valence-corrected chi connectivity index (χ0v) is 12.3. The van der Waals surface area contributed by atoms with Crippen molar-refractivity contribution in [1.29, 1.82) is 5.26 Å². The maximum absolute atomic E-state index is 9.20. The summed E-state index contributed by atoms with van der Waals surface area (Å²) >= 11 is 5.94. The maximum Gasteiger partial charge on any atom is 0.101 e. The van der Waals surface area contributed by atoms with Gasteiger partial charge in [-0.2, -0.15) is 5.26 Å². The third-order valence-electron chi connectivity index (χ3n) is 3.66. The third kappa shape index (κ3) is 3.62. The van der Waals surface area contributed by atoms with E-state index in [9.17, 15) is 5.26 Å². The Kier molecular flexibility index (Phi) is 4.68. The number of anilines is 1. The summed E-state index contributed by atoms with van der Waals surface area (Å²) in [6, 6.07) is 7.83. The average Bonchev–Trinajstić information content (AvgIpc) is 2.39. The number of halogens is 1. The molecule has 0 aliphatic carbocycles. The smallest absolute Gasteiger partial charge is 0.101 e. The van der Waals surface area contributed by atoms with Crippen LogP contribution in [0, 0.1) is 17.2 Å². The first-order valence-electron chi connectivity index (χ1n) is 6.69. The first-order chi connectivity index (χ1) is 9.10. The Morgan fingerprint density at radius 3 is 2.63 bits per heavy atom. The number of hydrogen-bond donors (Lipinski definition) is 0. The summed E-state index contributed by atoms with van der Waals surface area (Å²) < 4.78 is 0. The van der Waals surface area contributed by atoms with Gasteiger partial charge in [-0.3, -0.25) is 0 Å². The normalized spacial score (nSPS) is 16.7. The Morgan fingerprint density at radius 2 is 2.05 bits per heavy atom. The summed E-state index contributed by atoms with van der Waals surface area (Å²) in [5.74, 6) is 0.768. The van der Waals surface area contributed by atoms with Crippen LogP contribution in [-0.2, 0) is 0 Å². The van der Waals surface area contributed by atoms with Crippen molar-refractivity contribution in [2.24, 2.45) is 5.92 Å². The minimum Gasteiger partial charge on any atom is -0.370 e. The van der Waals surface area contributed by atoms with Crippen LogP contribution < -0.4 is 4.90 Å². The fourth-order valence-electron chi connectivity index (χ4n) is 2.75. The van der Waals surface area contributed by atoms with Crippen LogP contribution in [0.3, 0.4) is 0 Å². The number of rotatable bonds is 3. The van der Waals surface area contributed by atoms with Gasteiger partial charge in [0.15, 0.2) is 0 Å². The Hall–Kier alpha value is -1.24. The van der Waals surface area contributed by atoms with E-state index in [2.05, 4.69) is 30.0 Å².